The Labute approximate surface area is 136 Å². The van der Waals surface area contributed by atoms with E-state index in [0.29, 0.717) is 23.2 Å². The fourth-order valence-corrected chi connectivity index (χ4v) is 2.34. The van der Waals surface area contributed by atoms with E-state index in [0.717, 1.165) is 5.56 Å². The molecule has 0 aliphatic carbocycles. The monoisotopic (exact) mass is 320 g/mol. The van der Waals surface area contributed by atoms with Crippen molar-refractivity contribution in [3.8, 4) is 22.8 Å². The fraction of sp³-hybridized carbons (Fsp3) is 0.0588. The van der Waals surface area contributed by atoms with E-state index in [2.05, 4.69) is 15.1 Å². The number of hydrogen-bond acceptors (Lipinski definition) is 6. The van der Waals surface area contributed by atoms with Gasteiger partial charge in [0.2, 0.25) is 11.7 Å². The highest BCUT2D eigenvalue weighted by molar-refractivity contribution is 5.55. The molecule has 0 saturated carbocycles. The van der Waals surface area contributed by atoms with Crippen molar-refractivity contribution >= 4 is 0 Å². The molecule has 0 spiro atoms. The molecule has 0 bridgehead atoms. The maximum atomic E-state index is 11.9. The molecule has 0 atom stereocenters. The summed E-state index contributed by atoms with van der Waals surface area (Å²) in [5, 5.41) is 3.79. The third-order valence-electron chi connectivity index (χ3n) is 3.49. The normalized spacial score (nSPS) is 10.8. The van der Waals surface area contributed by atoms with Crippen molar-refractivity contribution in [3.05, 3.63) is 77.4 Å². The first kappa shape index (κ1) is 14.1. The lowest BCUT2D eigenvalue weighted by atomic mass is 10.2. The first-order valence-electron chi connectivity index (χ1n) is 7.29. The third kappa shape index (κ3) is 2.63. The molecule has 7 heteroatoms. The minimum Gasteiger partial charge on any atom is -0.439 e. The summed E-state index contributed by atoms with van der Waals surface area (Å²) in [6.45, 7) is 0.112. The zero-order valence-corrected chi connectivity index (χ0v) is 12.5. The third-order valence-corrected chi connectivity index (χ3v) is 3.49. The Morgan fingerprint density at radius 2 is 1.83 bits per heavy atom. The summed E-state index contributed by atoms with van der Waals surface area (Å²) in [4.78, 5) is 20.3. The number of oxazole rings is 1. The summed E-state index contributed by atoms with van der Waals surface area (Å²) in [6.07, 6.45) is 3.25. The predicted octanol–water partition coefficient (Wildman–Crippen LogP) is 2.60. The van der Waals surface area contributed by atoms with Crippen LogP contribution in [0, 0.1) is 0 Å². The highest BCUT2D eigenvalue weighted by atomic mass is 16.5. The summed E-state index contributed by atoms with van der Waals surface area (Å²) >= 11 is 0. The van der Waals surface area contributed by atoms with Crippen LogP contribution in [0.2, 0.25) is 0 Å². The molecule has 4 rings (SSSR count). The summed E-state index contributed by atoms with van der Waals surface area (Å²) in [6, 6.07) is 15.0. The van der Waals surface area contributed by atoms with Crippen LogP contribution in [-0.4, -0.2) is 19.7 Å². The van der Waals surface area contributed by atoms with E-state index < -0.39 is 5.76 Å². The van der Waals surface area contributed by atoms with Crippen molar-refractivity contribution in [2.75, 3.05) is 0 Å². The second-order valence-corrected chi connectivity index (χ2v) is 5.06. The lowest BCUT2D eigenvalue weighted by molar-refractivity contribution is 0.373. The van der Waals surface area contributed by atoms with Gasteiger partial charge >= 0.3 is 5.76 Å². The van der Waals surface area contributed by atoms with Gasteiger partial charge in [-0.3, -0.25) is 9.51 Å². The first-order chi connectivity index (χ1) is 11.8. The molecule has 24 heavy (non-hydrogen) atoms. The Kier molecular flexibility index (Phi) is 3.51. The Bertz CT molecular complexity index is 1000. The Morgan fingerprint density at radius 3 is 2.62 bits per heavy atom. The van der Waals surface area contributed by atoms with E-state index in [-0.39, 0.29) is 6.54 Å². The molecule has 0 unspecified atom stereocenters. The lowest BCUT2D eigenvalue weighted by Crippen LogP contribution is -2.16. The van der Waals surface area contributed by atoms with Gasteiger partial charge in [-0.1, -0.05) is 41.6 Å². The van der Waals surface area contributed by atoms with Crippen molar-refractivity contribution in [3.63, 3.8) is 0 Å². The van der Waals surface area contributed by atoms with Gasteiger partial charge in [0.15, 0.2) is 5.76 Å². The van der Waals surface area contributed by atoms with Gasteiger partial charge in [0.05, 0.1) is 6.20 Å². The minimum absolute atomic E-state index is 0.112. The van der Waals surface area contributed by atoms with E-state index >= 15 is 0 Å². The van der Waals surface area contributed by atoms with Crippen LogP contribution >= 0.6 is 0 Å². The van der Waals surface area contributed by atoms with Crippen molar-refractivity contribution in [2.24, 2.45) is 0 Å². The second-order valence-electron chi connectivity index (χ2n) is 5.06. The zero-order chi connectivity index (χ0) is 16.4. The van der Waals surface area contributed by atoms with E-state index in [1.807, 2.05) is 36.4 Å². The molecule has 3 heterocycles. The molecule has 118 valence electrons. The molecule has 0 fully saturated rings. The second kappa shape index (κ2) is 5.96. The smallest absolute Gasteiger partial charge is 0.439 e. The molecule has 4 aromatic rings. The Morgan fingerprint density at radius 1 is 1.00 bits per heavy atom. The molecule has 0 radical (unpaired) electrons. The average Bonchev–Trinajstić information content (AvgIpc) is 3.25. The SMILES string of the molecule is O=c1onc(-c2ccccn2)n1Cc1ncc(-c2ccccc2)o1. The van der Waals surface area contributed by atoms with Crippen LogP contribution in [0.5, 0.6) is 0 Å². The van der Waals surface area contributed by atoms with Gasteiger partial charge in [-0.2, -0.15) is 0 Å². The molecule has 0 saturated heterocycles. The van der Waals surface area contributed by atoms with E-state index in [1.54, 1.807) is 24.5 Å². The number of benzene rings is 1. The molecule has 0 aliphatic rings. The van der Waals surface area contributed by atoms with Crippen LogP contribution in [0.15, 0.2) is 74.7 Å². The number of aromatic nitrogens is 4. The summed E-state index contributed by atoms with van der Waals surface area (Å²) < 4.78 is 11.8. The first-order valence-corrected chi connectivity index (χ1v) is 7.29. The summed E-state index contributed by atoms with van der Waals surface area (Å²) in [5.41, 5.74) is 1.46. The molecule has 3 aromatic heterocycles. The molecule has 1 aromatic carbocycles. The van der Waals surface area contributed by atoms with Gasteiger partial charge in [-0.25, -0.2) is 14.3 Å². The minimum atomic E-state index is -0.588. The maximum Gasteiger partial charge on any atom is 0.442 e. The number of hydrogen-bond donors (Lipinski definition) is 0. The van der Waals surface area contributed by atoms with Crippen molar-refractivity contribution in [2.45, 2.75) is 6.54 Å². The fourth-order valence-electron chi connectivity index (χ4n) is 2.34. The van der Waals surface area contributed by atoms with Crippen LogP contribution in [-0.2, 0) is 6.54 Å². The molecule has 0 aliphatic heterocycles. The van der Waals surface area contributed by atoms with Gasteiger partial charge in [0.1, 0.15) is 12.2 Å². The maximum absolute atomic E-state index is 11.9. The topological polar surface area (TPSA) is 87.0 Å². The van der Waals surface area contributed by atoms with Gasteiger partial charge in [0.25, 0.3) is 0 Å². The van der Waals surface area contributed by atoms with Crippen molar-refractivity contribution in [1.82, 2.24) is 19.7 Å². The molecule has 7 nitrogen and oxygen atoms in total. The number of rotatable bonds is 4. The zero-order valence-electron chi connectivity index (χ0n) is 12.5. The van der Waals surface area contributed by atoms with Crippen molar-refractivity contribution < 1.29 is 8.94 Å². The van der Waals surface area contributed by atoms with E-state index in [4.69, 9.17) is 8.94 Å². The van der Waals surface area contributed by atoms with Gasteiger partial charge in [-0.15, -0.1) is 0 Å². The van der Waals surface area contributed by atoms with Gasteiger partial charge in [-0.05, 0) is 12.1 Å². The Balaban J connectivity index is 1.67. The van der Waals surface area contributed by atoms with E-state index in [9.17, 15) is 4.79 Å². The molecule has 0 N–H and O–H groups in total. The van der Waals surface area contributed by atoms with Crippen LogP contribution in [0.3, 0.4) is 0 Å². The van der Waals surface area contributed by atoms with E-state index in [1.165, 1.54) is 4.57 Å². The van der Waals surface area contributed by atoms with Crippen LogP contribution in [0.1, 0.15) is 5.89 Å². The largest absolute Gasteiger partial charge is 0.442 e. The summed E-state index contributed by atoms with van der Waals surface area (Å²) in [5.74, 6) is 0.765. The molecular weight excluding hydrogens is 308 g/mol. The summed E-state index contributed by atoms with van der Waals surface area (Å²) in [7, 11) is 0. The standard InChI is InChI=1S/C17H12N4O3/c22-17-21(16(20-24-17)13-8-4-5-9-18-13)11-15-19-10-14(23-15)12-6-2-1-3-7-12/h1-10H,11H2. The van der Waals surface area contributed by atoms with Gasteiger partial charge < -0.3 is 4.42 Å². The van der Waals surface area contributed by atoms with Crippen LogP contribution in [0.25, 0.3) is 22.8 Å². The number of nitrogens with zero attached hydrogens (tertiary/aromatic N) is 4. The average molecular weight is 320 g/mol. The predicted molar refractivity (Wildman–Crippen MR) is 85.0 cm³/mol. The highest BCUT2D eigenvalue weighted by Gasteiger charge is 2.16. The van der Waals surface area contributed by atoms with Gasteiger partial charge in [0, 0.05) is 11.8 Å². The van der Waals surface area contributed by atoms with Crippen LogP contribution in [0.4, 0.5) is 0 Å². The molecule has 0 amide bonds. The highest BCUT2D eigenvalue weighted by Crippen LogP contribution is 2.21. The lowest BCUT2D eigenvalue weighted by Gasteiger charge is -2.01. The Hall–Kier alpha value is -3.48. The quantitative estimate of drug-likeness (QED) is 0.574. The van der Waals surface area contributed by atoms with Crippen molar-refractivity contribution in [1.29, 1.82) is 0 Å². The molecular formula is C17H12N4O3. The number of pyridine rings is 1. The van der Waals surface area contributed by atoms with Crippen LogP contribution < -0.4 is 5.76 Å².